The van der Waals surface area contributed by atoms with Gasteiger partial charge in [-0.1, -0.05) is 19.1 Å². The van der Waals surface area contributed by atoms with E-state index in [9.17, 15) is 9.59 Å². The second-order valence-corrected chi connectivity index (χ2v) is 6.54. The third-order valence-electron chi connectivity index (χ3n) is 4.31. The minimum Gasteiger partial charge on any atom is -0.355 e. The molecule has 1 atom stereocenters. The van der Waals surface area contributed by atoms with E-state index in [1.807, 2.05) is 41.1 Å². The summed E-state index contributed by atoms with van der Waals surface area (Å²) in [5.41, 5.74) is 1.75. The highest BCUT2D eigenvalue weighted by Gasteiger charge is 2.21. The number of piperidine rings is 1. The molecule has 0 aliphatic carbocycles. The van der Waals surface area contributed by atoms with Crippen molar-refractivity contribution in [2.75, 3.05) is 33.7 Å². The maximum absolute atomic E-state index is 12.4. The molecule has 1 aliphatic heterocycles. The molecule has 1 fully saturated rings. The number of likely N-dealkylation sites (tertiary alicyclic amines) is 1. The number of benzene rings is 1. The normalized spacial score (nSPS) is 18.1. The highest BCUT2D eigenvalue weighted by atomic mass is 16.2. The molecule has 5 nitrogen and oxygen atoms in total. The van der Waals surface area contributed by atoms with Crippen LogP contribution in [0.5, 0.6) is 0 Å². The fourth-order valence-corrected chi connectivity index (χ4v) is 3.02. The third kappa shape index (κ3) is 5.06. The van der Waals surface area contributed by atoms with Gasteiger partial charge in [0, 0.05) is 32.2 Å². The molecule has 23 heavy (non-hydrogen) atoms. The number of hydrogen-bond acceptors (Lipinski definition) is 3. The Bertz CT molecular complexity index is 542. The molecule has 1 saturated heterocycles. The Morgan fingerprint density at radius 3 is 2.61 bits per heavy atom. The van der Waals surface area contributed by atoms with Crippen molar-refractivity contribution >= 4 is 11.8 Å². The van der Waals surface area contributed by atoms with Crippen molar-refractivity contribution in [3.63, 3.8) is 0 Å². The van der Waals surface area contributed by atoms with Crippen LogP contribution in [0.15, 0.2) is 24.3 Å². The minimum absolute atomic E-state index is 0.0840. The summed E-state index contributed by atoms with van der Waals surface area (Å²) in [6.07, 6.45) is 2.33. The largest absolute Gasteiger partial charge is 0.355 e. The average Bonchev–Trinajstić information content (AvgIpc) is 2.54. The van der Waals surface area contributed by atoms with E-state index in [1.54, 1.807) is 7.05 Å². The molecule has 1 heterocycles. The SMILES string of the molecule is CNC(=O)c1ccc(CN(C)CC(=O)N2CCCC(C)C2)cc1. The summed E-state index contributed by atoms with van der Waals surface area (Å²) in [6.45, 7) is 5.11. The van der Waals surface area contributed by atoms with E-state index in [0.717, 1.165) is 25.1 Å². The molecular weight excluding hydrogens is 290 g/mol. The first-order valence-electron chi connectivity index (χ1n) is 8.27. The van der Waals surface area contributed by atoms with Crippen molar-refractivity contribution in [3.05, 3.63) is 35.4 Å². The lowest BCUT2D eigenvalue weighted by Gasteiger charge is -2.32. The van der Waals surface area contributed by atoms with E-state index in [2.05, 4.69) is 12.2 Å². The van der Waals surface area contributed by atoms with Gasteiger partial charge in [0.25, 0.3) is 5.91 Å². The molecule has 1 aliphatic rings. The molecule has 2 rings (SSSR count). The first-order chi connectivity index (χ1) is 11.0. The van der Waals surface area contributed by atoms with Gasteiger partial charge < -0.3 is 10.2 Å². The van der Waals surface area contributed by atoms with E-state index in [0.29, 0.717) is 24.6 Å². The van der Waals surface area contributed by atoms with Crippen LogP contribution in [0.3, 0.4) is 0 Å². The van der Waals surface area contributed by atoms with Crippen LogP contribution >= 0.6 is 0 Å². The van der Waals surface area contributed by atoms with Gasteiger partial charge >= 0.3 is 0 Å². The van der Waals surface area contributed by atoms with Crippen LogP contribution in [0.2, 0.25) is 0 Å². The Morgan fingerprint density at radius 2 is 2.00 bits per heavy atom. The molecule has 0 aromatic heterocycles. The number of amides is 2. The molecular formula is C18H27N3O2. The van der Waals surface area contributed by atoms with Crippen molar-refractivity contribution in [1.29, 1.82) is 0 Å². The van der Waals surface area contributed by atoms with Gasteiger partial charge in [0.05, 0.1) is 6.54 Å². The standard InChI is InChI=1S/C18H27N3O2/c1-14-5-4-10-21(11-14)17(22)13-20(3)12-15-6-8-16(9-7-15)18(23)19-2/h6-9,14H,4-5,10-13H2,1-3H3,(H,19,23). The number of nitrogens with one attached hydrogen (secondary N) is 1. The highest BCUT2D eigenvalue weighted by molar-refractivity contribution is 5.93. The molecule has 0 saturated carbocycles. The summed E-state index contributed by atoms with van der Waals surface area (Å²) in [5.74, 6) is 0.732. The van der Waals surface area contributed by atoms with E-state index in [4.69, 9.17) is 0 Å². The zero-order valence-corrected chi connectivity index (χ0v) is 14.3. The van der Waals surface area contributed by atoms with Gasteiger partial charge in [-0.05, 0) is 43.5 Å². The van der Waals surface area contributed by atoms with E-state index in [1.165, 1.54) is 6.42 Å². The fraction of sp³-hybridized carbons (Fsp3) is 0.556. The average molecular weight is 317 g/mol. The Kier molecular flexibility index (Phi) is 6.16. The summed E-state index contributed by atoms with van der Waals surface area (Å²) in [4.78, 5) is 27.9. The molecule has 0 spiro atoms. The number of carbonyl (C=O) groups excluding carboxylic acids is 2. The monoisotopic (exact) mass is 317 g/mol. The summed E-state index contributed by atoms with van der Waals surface area (Å²) in [7, 11) is 3.58. The maximum atomic E-state index is 12.4. The van der Waals surface area contributed by atoms with Gasteiger partial charge in [-0.3, -0.25) is 14.5 Å². The van der Waals surface area contributed by atoms with E-state index >= 15 is 0 Å². The number of rotatable bonds is 5. The van der Waals surface area contributed by atoms with Crippen molar-refractivity contribution < 1.29 is 9.59 Å². The Labute approximate surface area is 138 Å². The van der Waals surface area contributed by atoms with Crippen LogP contribution in [-0.4, -0.2) is 55.3 Å². The summed E-state index contributed by atoms with van der Waals surface area (Å²) in [5, 5.41) is 2.61. The first kappa shape index (κ1) is 17.5. The van der Waals surface area contributed by atoms with Gasteiger partial charge in [-0.2, -0.15) is 0 Å². The van der Waals surface area contributed by atoms with Crippen molar-refractivity contribution in [2.45, 2.75) is 26.3 Å². The second-order valence-electron chi connectivity index (χ2n) is 6.54. The van der Waals surface area contributed by atoms with Crippen molar-refractivity contribution in [3.8, 4) is 0 Å². The fourth-order valence-electron chi connectivity index (χ4n) is 3.02. The lowest BCUT2D eigenvalue weighted by atomic mass is 10.0. The maximum Gasteiger partial charge on any atom is 0.251 e. The topological polar surface area (TPSA) is 52.7 Å². The van der Waals surface area contributed by atoms with Crippen LogP contribution < -0.4 is 5.32 Å². The van der Waals surface area contributed by atoms with Crippen LogP contribution in [0.4, 0.5) is 0 Å². The molecule has 2 amide bonds. The summed E-state index contributed by atoms with van der Waals surface area (Å²) < 4.78 is 0. The molecule has 5 heteroatoms. The van der Waals surface area contributed by atoms with Crippen molar-refractivity contribution in [2.24, 2.45) is 5.92 Å². The second kappa shape index (κ2) is 8.11. The zero-order chi connectivity index (χ0) is 16.8. The van der Waals surface area contributed by atoms with Crippen LogP contribution in [-0.2, 0) is 11.3 Å². The predicted octanol–water partition coefficient (Wildman–Crippen LogP) is 1.74. The van der Waals surface area contributed by atoms with Gasteiger partial charge in [0.2, 0.25) is 5.91 Å². The Hall–Kier alpha value is -1.88. The summed E-state index contributed by atoms with van der Waals surface area (Å²) >= 11 is 0. The number of carbonyl (C=O) groups is 2. The number of hydrogen-bond donors (Lipinski definition) is 1. The highest BCUT2D eigenvalue weighted by Crippen LogP contribution is 2.16. The van der Waals surface area contributed by atoms with Crippen molar-refractivity contribution in [1.82, 2.24) is 15.1 Å². The van der Waals surface area contributed by atoms with E-state index < -0.39 is 0 Å². The van der Waals surface area contributed by atoms with E-state index in [-0.39, 0.29) is 11.8 Å². The zero-order valence-electron chi connectivity index (χ0n) is 14.3. The molecule has 1 N–H and O–H groups in total. The molecule has 1 aromatic carbocycles. The number of nitrogens with zero attached hydrogens (tertiary/aromatic N) is 2. The predicted molar refractivity (Wildman–Crippen MR) is 91.1 cm³/mol. The lowest BCUT2D eigenvalue weighted by molar-refractivity contribution is -0.133. The van der Waals surface area contributed by atoms with Gasteiger partial charge in [-0.15, -0.1) is 0 Å². The van der Waals surface area contributed by atoms with Crippen LogP contribution in [0, 0.1) is 5.92 Å². The first-order valence-corrected chi connectivity index (χ1v) is 8.27. The smallest absolute Gasteiger partial charge is 0.251 e. The molecule has 1 unspecified atom stereocenters. The lowest BCUT2D eigenvalue weighted by Crippen LogP contribution is -2.43. The summed E-state index contributed by atoms with van der Waals surface area (Å²) in [6, 6.07) is 7.51. The van der Waals surface area contributed by atoms with Gasteiger partial charge in [-0.25, -0.2) is 0 Å². The Morgan fingerprint density at radius 1 is 1.30 bits per heavy atom. The molecule has 0 bridgehead atoms. The molecule has 1 aromatic rings. The number of likely N-dealkylation sites (N-methyl/N-ethyl adjacent to an activating group) is 1. The van der Waals surface area contributed by atoms with Crippen LogP contribution in [0.1, 0.15) is 35.7 Å². The molecule has 126 valence electrons. The quantitative estimate of drug-likeness (QED) is 0.900. The van der Waals surface area contributed by atoms with Gasteiger partial charge in [0.1, 0.15) is 0 Å². The minimum atomic E-state index is -0.0840. The Balaban J connectivity index is 1.85. The third-order valence-corrected chi connectivity index (χ3v) is 4.31. The van der Waals surface area contributed by atoms with Gasteiger partial charge in [0.15, 0.2) is 0 Å². The van der Waals surface area contributed by atoms with Crippen LogP contribution in [0.25, 0.3) is 0 Å². The molecule has 0 radical (unpaired) electrons.